The second-order valence-corrected chi connectivity index (χ2v) is 8.08. The molecular weight excluding hydrogens is 454 g/mol. The Morgan fingerprint density at radius 3 is 2.16 bits per heavy atom. The molecule has 0 N–H and O–H groups in total. The summed E-state index contributed by atoms with van der Waals surface area (Å²) >= 11 is 3.70. The summed E-state index contributed by atoms with van der Waals surface area (Å²) in [5.41, 5.74) is 4.52. The van der Waals surface area contributed by atoms with Crippen molar-refractivity contribution >= 4 is 37.7 Å². The lowest BCUT2D eigenvalue weighted by Gasteiger charge is -2.14. The van der Waals surface area contributed by atoms with Crippen LogP contribution < -0.4 is 9.47 Å². The van der Waals surface area contributed by atoms with E-state index in [9.17, 15) is 0 Å². The maximum absolute atomic E-state index is 5.61. The van der Waals surface area contributed by atoms with Gasteiger partial charge in [-0.15, -0.1) is 0 Å². The van der Waals surface area contributed by atoms with Crippen LogP contribution in [-0.4, -0.2) is 29.0 Å². The van der Waals surface area contributed by atoms with Crippen LogP contribution in [0.4, 0.5) is 0 Å². The van der Waals surface area contributed by atoms with Crippen LogP contribution in [0, 0.1) is 6.92 Å². The number of ether oxygens (including phenoxy) is 2. The normalized spacial score (nSPS) is 11.2. The van der Waals surface area contributed by atoms with Crippen LogP contribution in [0.5, 0.6) is 11.5 Å². The number of pyridine rings is 1. The van der Waals surface area contributed by atoms with Crippen molar-refractivity contribution in [1.29, 1.82) is 0 Å². The smallest absolute Gasteiger partial charge is 0.164 e. The average molecular weight is 474 g/mol. The van der Waals surface area contributed by atoms with Gasteiger partial charge in [-0.2, -0.15) is 5.10 Å². The molecule has 0 atom stereocenters. The molecule has 5 nitrogen and oxygen atoms in total. The summed E-state index contributed by atoms with van der Waals surface area (Å²) in [6, 6.07) is 22.2. The van der Waals surface area contributed by atoms with E-state index in [4.69, 9.17) is 19.6 Å². The zero-order valence-electron chi connectivity index (χ0n) is 17.4. The van der Waals surface area contributed by atoms with Crippen LogP contribution >= 0.6 is 15.9 Å². The molecule has 0 bridgehead atoms. The lowest BCUT2D eigenvalue weighted by atomic mass is 10.00. The minimum absolute atomic E-state index is 0.664. The number of methoxy groups -OCH3 is 2. The SMILES string of the molecule is COc1cc2c(-c3ccccc3Br)nc3c(c(C)nn3-c3ccccc3)c2cc1OC. The van der Waals surface area contributed by atoms with Gasteiger partial charge in [0.05, 0.1) is 36.7 Å². The molecule has 0 radical (unpaired) electrons. The van der Waals surface area contributed by atoms with E-state index in [2.05, 4.69) is 22.0 Å². The Bertz CT molecular complexity index is 1430. The van der Waals surface area contributed by atoms with Crippen LogP contribution in [0.25, 0.3) is 38.8 Å². The second-order valence-electron chi connectivity index (χ2n) is 7.22. The van der Waals surface area contributed by atoms with Gasteiger partial charge in [0.25, 0.3) is 0 Å². The topological polar surface area (TPSA) is 49.2 Å². The zero-order valence-corrected chi connectivity index (χ0v) is 19.0. The number of aryl methyl sites for hydroxylation is 1. The van der Waals surface area contributed by atoms with Crippen molar-refractivity contribution in [3.8, 4) is 28.4 Å². The van der Waals surface area contributed by atoms with E-state index in [1.807, 2.05) is 72.3 Å². The highest BCUT2D eigenvalue weighted by Gasteiger charge is 2.21. The minimum Gasteiger partial charge on any atom is -0.493 e. The van der Waals surface area contributed by atoms with Crippen molar-refractivity contribution in [3.63, 3.8) is 0 Å². The third-order valence-corrected chi connectivity index (χ3v) is 6.12. The summed E-state index contributed by atoms with van der Waals surface area (Å²) < 4.78 is 14.1. The van der Waals surface area contributed by atoms with Crippen molar-refractivity contribution in [2.24, 2.45) is 0 Å². The van der Waals surface area contributed by atoms with Gasteiger partial charge in [-0.05, 0) is 37.3 Å². The van der Waals surface area contributed by atoms with Gasteiger partial charge in [-0.3, -0.25) is 0 Å². The number of fused-ring (bicyclic) bond motifs is 3. The summed E-state index contributed by atoms with van der Waals surface area (Å²) in [6.45, 7) is 2.01. The number of hydrogen-bond acceptors (Lipinski definition) is 4. The number of hydrogen-bond donors (Lipinski definition) is 0. The van der Waals surface area contributed by atoms with E-state index < -0.39 is 0 Å². The molecule has 5 aromatic rings. The number of para-hydroxylation sites is 1. The molecule has 0 aliphatic carbocycles. The number of benzene rings is 3. The van der Waals surface area contributed by atoms with E-state index in [0.29, 0.717) is 11.5 Å². The van der Waals surface area contributed by atoms with Gasteiger partial charge in [0, 0.05) is 20.8 Å². The van der Waals surface area contributed by atoms with Gasteiger partial charge >= 0.3 is 0 Å². The largest absolute Gasteiger partial charge is 0.493 e. The Morgan fingerprint density at radius 2 is 1.48 bits per heavy atom. The predicted molar refractivity (Wildman–Crippen MR) is 127 cm³/mol. The van der Waals surface area contributed by atoms with E-state index in [0.717, 1.165) is 48.9 Å². The minimum atomic E-state index is 0.664. The van der Waals surface area contributed by atoms with Gasteiger partial charge in [0.1, 0.15) is 0 Å². The van der Waals surface area contributed by atoms with E-state index in [-0.39, 0.29) is 0 Å². The van der Waals surface area contributed by atoms with E-state index in [1.54, 1.807) is 14.2 Å². The lowest BCUT2D eigenvalue weighted by Crippen LogP contribution is -1.99. The molecule has 0 aliphatic rings. The van der Waals surface area contributed by atoms with Gasteiger partial charge in [-0.1, -0.05) is 52.3 Å². The number of rotatable bonds is 4. The van der Waals surface area contributed by atoms with Gasteiger partial charge in [0.15, 0.2) is 17.1 Å². The second kappa shape index (κ2) is 7.71. The number of halogens is 1. The Kier molecular flexibility index (Phi) is 4.87. The Balaban J connectivity index is 1.97. The maximum atomic E-state index is 5.61. The van der Waals surface area contributed by atoms with Crippen LogP contribution in [0.3, 0.4) is 0 Å². The van der Waals surface area contributed by atoms with Crippen LogP contribution in [0.1, 0.15) is 5.69 Å². The molecule has 0 saturated heterocycles. The molecular formula is C25H20BrN3O2. The third-order valence-electron chi connectivity index (χ3n) is 5.43. The van der Waals surface area contributed by atoms with Gasteiger partial charge < -0.3 is 9.47 Å². The summed E-state index contributed by atoms with van der Waals surface area (Å²) in [7, 11) is 3.30. The fourth-order valence-electron chi connectivity index (χ4n) is 3.99. The molecule has 6 heteroatoms. The van der Waals surface area contributed by atoms with Crippen LogP contribution in [0.15, 0.2) is 71.2 Å². The van der Waals surface area contributed by atoms with Crippen LogP contribution in [-0.2, 0) is 0 Å². The molecule has 0 saturated carbocycles. The highest BCUT2D eigenvalue weighted by molar-refractivity contribution is 9.10. The maximum Gasteiger partial charge on any atom is 0.164 e. The summed E-state index contributed by atoms with van der Waals surface area (Å²) in [4.78, 5) is 5.14. The standard InChI is InChI=1S/C25H20BrN3O2/c1-15-23-18-13-21(30-2)22(31-3)14-19(18)24(17-11-7-8-12-20(17)26)27-25(23)29(28-15)16-9-5-4-6-10-16/h4-14H,1-3H3. The molecule has 0 unspecified atom stereocenters. The molecule has 2 heterocycles. The Morgan fingerprint density at radius 1 is 0.839 bits per heavy atom. The lowest BCUT2D eigenvalue weighted by molar-refractivity contribution is 0.356. The summed E-state index contributed by atoms with van der Waals surface area (Å²) in [5, 5.41) is 7.83. The first-order valence-electron chi connectivity index (χ1n) is 9.87. The molecule has 2 aromatic heterocycles. The highest BCUT2D eigenvalue weighted by atomic mass is 79.9. The van der Waals surface area contributed by atoms with E-state index in [1.165, 1.54) is 0 Å². The molecule has 5 rings (SSSR count). The molecule has 0 amide bonds. The first-order chi connectivity index (χ1) is 15.1. The average Bonchev–Trinajstić information content (AvgIpc) is 3.15. The summed E-state index contributed by atoms with van der Waals surface area (Å²) in [5.74, 6) is 1.34. The van der Waals surface area contributed by atoms with Gasteiger partial charge in [0.2, 0.25) is 0 Å². The monoisotopic (exact) mass is 473 g/mol. The van der Waals surface area contributed by atoms with Crippen molar-refractivity contribution in [2.45, 2.75) is 6.92 Å². The van der Waals surface area contributed by atoms with Crippen molar-refractivity contribution in [1.82, 2.24) is 14.8 Å². The molecule has 0 fully saturated rings. The number of aromatic nitrogens is 3. The molecule has 31 heavy (non-hydrogen) atoms. The predicted octanol–water partition coefficient (Wildman–Crippen LogP) is 6.33. The highest BCUT2D eigenvalue weighted by Crippen LogP contribution is 2.42. The first-order valence-corrected chi connectivity index (χ1v) is 10.7. The number of nitrogens with zero attached hydrogens (tertiary/aromatic N) is 3. The Labute approximate surface area is 188 Å². The Hall–Kier alpha value is -3.38. The third kappa shape index (κ3) is 3.15. The molecule has 3 aromatic carbocycles. The fraction of sp³-hybridized carbons (Fsp3) is 0.120. The van der Waals surface area contributed by atoms with Crippen molar-refractivity contribution in [3.05, 3.63) is 76.9 Å². The zero-order chi connectivity index (χ0) is 21.5. The van der Waals surface area contributed by atoms with Crippen molar-refractivity contribution in [2.75, 3.05) is 14.2 Å². The fourth-order valence-corrected chi connectivity index (χ4v) is 4.46. The molecule has 0 spiro atoms. The summed E-state index contributed by atoms with van der Waals surface area (Å²) in [6.07, 6.45) is 0. The van der Waals surface area contributed by atoms with Gasteiger partial charge in [-0.25, -0.2) is 9.67 Å². The molecule has 0 aliphatic heterocycles. The van der Waals surface area contributed by atoms with Crippen molar-refractivity contribution < 1.29 is 9.47 Å². The van der Waals surface area contributed by atoms with E-state index >= 15 is 0 Å². The molecule has 154 valence electrons. The van der Waals surface area contributed by atoms with Crippen LogP contribution in [0.2, 0.25) is 0 Å². The quantitative estimate of drug-likeness (QED) is 0.306. The first kappa shape index (κ1) is 19.6.